The van der Waals surface area contributed by atoms with Crippen LogP contribution in [-0.4, -0.2) is 36.7 Å². The minimum Gasteiger partial charge on any atom is -0.497 e. The molecule has 6 nitrogen and oxygen atoms in total. The highest BCUT2D eigenvalue weighted by molar-refractivity contribution is 5.84. The molecule has 1 amide bonds. The molecule has 2 N–H and O–H groups in total. The van der Waals surface area contributed by atoms with Crippen LogP contribution in [0.1, 0.15) is 6.92 Å². The highest BCUT2D eigenvalue weighted by Gasteiger charge is 2.13. The third-order valence-electron chi connectivity index (χ3n) is 2.18. The van der Waals surface area contributed by atoms with Crippen LogP contribution in [0.3, 0.4) is 0 Å². The van der Waals surface area contributed by atoms with Gasteiger partial charge in [-0.1, -0.05) is 0 Å². The molecular formula is C12H15NO5. The van der Waals surface area contributed by atoms with Crippen LogP contribution in [0, 0.1) is 0 Å². The van der Waals surface area contributed by atoms with Crippen molar-refractivity contribution in [2.45, 2.75) is 13.0 Å². The molecule has 0 heterocycles. The van der Waals surface area contributed by atoms with Gasteiger partial charge in [0.25, 0.3) is 5.91 Å². The van der Waals surface area contributed by atoms with E-state index < -0.39 is 17.9 Å². The van der Waals surface area contributed by atoms with Crippen LogP contribution in [0.15, 0.2) is 24.3 Å². The number of aliphatic carboxylic acids is 1. The van der Waals surface area contributed by atoms with Gasteiger partial charge in [-0.05, 0) is 31.2 Å². The summed E-state index contributed by atoms with van der Waals surface area (Å²) in [4.78, 5) is 21.8. The van der Waals surface area contributed by atoms with Crippen molar-refractivity contribution in [1.82, 2.24) is 5.32 Å². The summed E-state index contributed by atoms with van der Waals surface area (Å²) in [5, 5.41) is 10.9. The predicted octanol–water partition coefficient (Wildman–Crippen LogP) is 0.663. The zero-order chi connectivity index (χ0) is 13.5. The van der Waals surface area contributed by atoms with Gasteiger partial charge in [-0.3, -0.25) is 9.59 Å². The Morgan fingerprint density at radius 2 is 1.83 bits per heavy atom. The summed E-state index contributed by atoms with van der Waals surface area (Å²) in [5.41, 5.74) is 0. The Morgan fingerprint density at radius 3 is 2.33 bits per heavy atom. The van der Waals surface area contributed by atoms with Gasteiger partial charge in [0.1, 0.15) is 17.5 Å². The van der Waals surface area contributed by atoms with Crippen LogP contribution in [0.25, 0.3) is 0 Å². The number of ether oxygens (including phenoxy) is 2. The lowest BCUT2D eigenvalue weighted by Crippen LogP contribution is -2.40. The Labute approximate surface area is 105 Å². The van der Waals surface area contributed by atoms with Crippen LogP contribution in [0.4, 0.5) is 0 Å². The SMILES string of the molecule is COc1ccc(OCC(=O)N[C@@H](C)C(=O)O)cc1. The standard InChI is InChI=1S/C12H15NO5/c1-8(12(15)16)13-11(14)7-18-10-5-3-9(17-2)4-6-10/h3-6,8H,7H2,1-2H3,(H,13,14)(H,15,16)/t8-/m0/s1. The molecule has 0 unspecified atom stereocenters. The van der Waals surface area contributed by atoms with Crippen LogP contribution in [0.2, 0.25) is 0 Å². The first-order chi connectivity index (χ1) is 8.52. The lowest BCUT2D eigenvalue weighted by Gasteiger charge is -2.10. The quantitative estimate of drug-likeness (QED) is 0.778. The average molecular weight is 253 g/mol. The fraction of sp³-hybridized carbons (Fsp3) is 0.333. The van der Waals surface area contributed by atoms with Crippen LogP contribution < -0.4 is 14.8 Å². The molecule has 0 bridgehead atoms. The first kappa shape index (κ1) is 13.8. The van der Waals surface area contributed by atoms with E-state index in [0.717, 1.165) is 0 Å². The molecule has 0 aliphatic carbocycles. The molecule has 0 aromatic heterocycles. The first-order valence-corrected chi connectivity index (χ1v) is 5.32. The number of hydrogen-bond donors (Lipinski definition) is 2. The second kappa shape index (κ2) is 6.48. The van der Waals surface area contributed by atoms with E-state index in [2.05, 4.69) is 5.32 Å². The van der Waals surface area contributed by atoms with E-state index in [-0.39, 0.29) is 6.61 Å². The summed E-state index contributed by atoms with van der Waals surface area (Å²) >= 11 is 0. The maximum Gasteiger partial charge on any atom is 0.325 e. The van der Waals surface area contributed by atoms with Crippen molar-refractivity contribution < 1.29 is 24.2 Å². The van der Waals surface area contributed by atoms with E-state index in [1.54, 1.807) is 31.4 Å². The Kier molecular flexibility index (Phi) is 4.98. The summed E-state index contributed by atoms with van der Waals surface area (Å²) in [7, 11) is 1.55. The number of benzene rings is 1. The number of carbonyl (C=O) groups is 2. The Hall–Kier alpha value is -2.24. The number of carbonyl (C=O) groups excluding carboxylic acids is 1. The molecule has 0 aliphatic heterocycles. The van der Waals surface area contributed by atoms with Crippen molar-refractivity contribution in [3.63, 3.8) is 0 Å². The maximum absolute atomic E-state index is 11.3. The van der Waals surface area contributed by atoms with Crippen molar-refractivity contribution in [1.29, 1.82) is 0 Å². The second-order valence-corrected chi connectivity index (χ2v) is 3.59. The minimum absolute atomic E-state index is 0.232. The molecule has 0 fully saturated rings. The van der Waals surface area contributed by atoms with Crippen LogP contribution in [-0.2, 0) is 9.59 Å². The molecule has 0 saturated carbocycles. The number of methoxy groups -OCH3 is 1. The summed E-state index contributed by atoms with van der Waals surface area (Å²) in [6.45, 7) is 1.15. The molecule has 18 heavy (non-hydrogen) atoms. The third-order valence-corrected chi connectivity index (χ3v) is 2.18. The monoisotopic (exact) mass is 253 g/mol. The predicted molar refractivity (Wildman–Crippen MR) is 63.7 cm³/mol. The Morgan fingerprint density at radius 1 is 1.28 bits per heavy atom. The zero-order valence-electron chi connectivity index (χ0n) is 10.2. The third kappa shape index (κ3) is 4.32. The molecule has 1 rings (SSSR count). The fourth-order valence-electron chi connectivity index (χ4n) is 1.17. The fourth-order valence-corrected chi connectivity index (χ4v) is 1.17. The largest absolute Gasteiger partial charge is 0.497 e. The molecule has 1 aromatic rings. The highest BCUT2D eigenvalue weighted by Crippen LogP contribution is 2.16. The number of carboxylic acids is 1. The van der Waals surface area contributed by atoms with Gasteiger partial charge in [0.05, 0.1) is 7.11 Å². The van der Waals surface area contributed by atoms with Gasteiger partial charge < -0.3 is 19.9 Å². The van der Waals surface area contributed by atoms with Crippen molar-refractivity contribution >= 4 is 11.9 Å². The highest BCUT2D eigenvalue weighted by atomic mass is 16.5. The van der Waals surface area contributed by atoms with Crippen LogP contribution >= 0.6 is 0 Å². The normalized spacial score (nSPS) is 11.4. The minimum atomic E-state index is -1.09. The van der Waals surface area contributed by atoms with E-state index in [9.17, 15) is 9.59 Å². The van der Waals surface area contributed by atoms with Gasteiger partial charge in [-0.15, -0.1) is 0 Å². The van der Waals surface area contributed by atoms with Crippen LogP contribution in [0.5, 0.6) is 11.5 Å². The summed E-state index contributed by atoms with van der Waals surface area (Å²) in [6, 6.07) is 5.79. The molecular weight excluding hydrogens is 238 g/mol. The number of hydrogen-bond acceptors (Lipinski definition) is 4. The van der Waals surface area contributed by atoms with Gasteiger partial charge in [0.15, 0.2) is 6.61 Å². The number of amides is 1. The molecule has 98 valence electrons. The lowest BCUT2D eigenvalue weighted by atomic mass is 10.3. The van der Waals surface area contributed by atoms with Crippen molar-refractivity contribution in [3.05, 3.63) is 24.3 Å². The van der Waals surface area contributed by atoms with E-state index in [1.165, 1.54) is 6.92 Å². The lowest BCUT2D eigenvalue weighted by molar-refractivity contribution is -0.141. The van der Waals surface area contributed by atoms with Gasteiger partial charge in [-0.25, -0.2) is 0 Å². The van der Waals surface area contributed by atoms with Crippen molar-refractivity contribution in [2.24, 2.45) is 0 Å². The number of carboxylic acid groups (broad SMARTS) is 1. The maximum atomic E-state index is 11.3. The molecule has 0 aliphatic rings. The van der Waals surface area contributed by atoms with E-state index in [4.69, 9.17) is 14.6 Å². The van der Waals surface area contributed by atoms with Gasteiger partial charge in [-0.2, -0.15) is 0 Å². The molecule has 1 aromatic carbocycles. The molecule has 6 heteroatoms. The zero-order valence-corrected chi connectivity index (χ0v) is 10.2. The first-order valence-electron chi connectivity index (χ1n) is 5.32. The van der Waals surface area contributed by atoms with Gasteiger partial charge in [0.2, 0.25) is 0 Å². The van der Waals surface area contributed by atoms with E-state index in [1.807, 2.05) is 0 Å². The number of rotatable bonds is 6. The van der Waals surface area contributed by atoms with Crippen molar-refractivity contribution in [3.8, 4) is 11.5 Å². The summed E-state index contributed by atoms with van der Waals surface area (Å²) in [5.74, 6) is -0.381. The molecule has 0 saturated heterocycles. The smallest absolute Gasteiger partial charge is 0.325 e. The Bertz CT molecular complexity index is 415. The number of nitrogens with one attached hydrogen (secondary N) is 1. The molecule has 0 radical (unpaired) electrons. The van der Waals surface area contributed by atoms with Gasteiger partial charge in [0, 0.05) is 0 Å². The summed E-state index contributed by atoms with van der Waals surface area (Å²) in [6.07, 6.45) is 0. The van der Waals surface area contributed by atoms with Gasteiger partial charge >= 0.3 is 5.97 Å². The average Bonchev–Trinajstić information content (AvgIpc) is 2.36. The van der Waals surface area contributed by atoms with E-state index >= 15 is 0 Å². The Balaban J connectivity index is 2.40. The molecule has 1 atom stereocenters. The molecule has 0 spiro atoms. The topological polar surface area (TPSA) is 84.9 Å². The summed E-state index contributed by atoms with van der Waals surface area (Å²) < 4.78 is 10.2. The van der Waals surface area contributed by atoms with E-state index in [0.29, 0.717) is 11.5 Å². The second-order valence-electron chi connectivity index (χ2n) is 3.59. The van der Waals surface area contributed by atoms with Crippen molar-refractivity contribution in [2.75, 3.05) is 13.7 Å².